The van der Waals surface area contributed by atoms with Gasteiger partial charge in [0.1, 0.15) is 23.1 Å². The number of halogens is 2. The van der Waals surface area contributed by atoms with Crippen LogP contribution < -0.4 is 14.8 Å². The highest BCUT2D eigenvalue weighted by atomic mass is 32.1. The number of amides is 1. The van der Waals surface area contributed by atoms with Crippen molar-refractivity contribution < 1.29 is 23.0 Å². The number of aryl methyl sites for hydroxylation is 1. The molecule has 0 aliphatic heterocycles. The van der Waals surface area contributed by atoms with E-state index in [1.807, 2.05) is 36.6 Å². The van der Waals surface area contributed by atoms with Gasteiger partial charge in [-0.15, -0.1) is 11.3 Å². The molecule has 1 N–H and O–H groups in total. The number of alkyl halides is 2. The Bertz CT molecular complexity index is 977. The molecule has 0 aliphatic rings. The second kappa shape index (κ2) is 10.2. The third-order valence-electron chi connectivity index (χ3n) is 4.30. The molecule has 2 aromatic carbocycles. The van der Waals surface area contributed by atoms with Gasteiger partial charge in [-0.3, -0.25) is 4.79 Å². The fourth-order valence-electron chi connectivity index (χ4n) is 2.85. The van der Waals surface area contributed by atoms with E-state index in [0.717, 1.165) is 16.3 Å². The summed E-state index contributed by atoms with van der Waals surface area (Å²) in [5.41, 5.74) is 2.27. The van der Waals surface area contributed by atoms with Gasteiger partial charge >= 0.3 is 6.61 Å². The third-order valence-corrected chi connectivity index (χ3v) is 5.17. The standard InChI is InChI=1S/C22H22F2N2O3S/c1-14-7-9-17(10-8-14)28-12-21-26-16(13-30-21)11-20(27)25-15(2)18-5-3-4-6-19(18)29-22(23)24/h3-10,13,15,22H,11-12H2,1-2H3,(H,25,27). The fourth-order valence-corrected chi connectivity index (χ4v) is 3.56. The predicted molar refractivity (Wildman–Crippen MR) is 111 cm³/mol. The normalized spacial score (nSPS) is 11.9. The number of carbonyl (C=O) groups is 1. The van der Waals surface area contributed by atoms with Gasteiger partial charge in [0.25, 0.3) is 0 Å². The molecule has 0 saturated carbocycles. The Kier molecular flexibility index (Phi) is 7.35. The first kappa shape index (κ1) is 21.7. The molecule has 0 aliphatic carbocycles. The molecule has 158 valence electrons. The molecule has 3 aromatic rings. The van der Waals surface area contributed by atoms with E-state index in [2.05, 4.69) is 15.0 Å². The quantitative estimate of drug-likeness (QED) is 0.514. The van der Waals surface area contributed by atoms with Gasteiger partial charge in [0, 0.05) is 10.9 Å². The van der Waals surface area contributed by atoms with E-state index in [-0.39, 0.29) is 18.1 Å². The second-order valence-electron chi connectivity index (χ2n) is 6.72. The SMILES string of the molecule is Cc1ccc(OCc2nc(CC(=O)NC(C)c3ccccc3OC(F)F)cs2)cc1. The number of ether oxygens (including phenoxy) is 2. The lowest BCUT2D eigenvalue weighted by atomic mass is 10.1. The lowest BCUT2D eigenvalue weighted by Crippen LogP contribution is -2.28. The van der Waals surface area contributed by atoms with E-state index in [4.69, 9.17) is 4.74 Å². The van der Waals surface area contributed by atoms with Gasteiger partial charge in [-0.05, 0) is 32.0 Å². The molecule has 0 fully saturated rings. The van der Waals surface area contributed by atoms with Crippen LogP contribution in [0.15, 0.2) is 53.9 Å². The van der Waals surface area contributed by atoms with Gasteiger partial charge in [-0.1, -0.05) is 35.9 Å². The zero-order valence-electron chi connectivity index (χ0n) is 16.6. The number of para-hydroxylation sites is 1. The highest BCUT2D eigenvalue weighted by Gasteiger charge is 2.17. The summed E-state index contributed by atoms with van der Waals surface area (Å²) >= 11 is 1.42. The number of hydrogen-bond donors (Lipinski definition) is 1. The minimum atomic E-state index is -2.93. The first-order valence-corrected chi connectivity index (χ1v) is 10.2. The number of benzene rings is 2. The molecule has 1 aromatic heterocycles. The number of hydrogen-bond acceptors (Lipinski definition) is 5. The predicted octanol–water partition coefficient (Wildman–Crippen LogP) is 5.05. The lowest BCUT2D eigenvalue weighted by Gasteiger charge is -2.17. The number of thiazole rings is 1. The van der Waals surface area contributed by atoms with Crippen molar-refractivity contribution in [1.29, 1.82) is 0 Å². The molecule has 3 rings (SSSR count). The van der Waals surface area contributed by atoms with Crippen LogP contribution in [0, 0.1) is 6.92 Å². The molecule has 0 bridgehead atoms. The van der Waals surface area contributed by atoms with Gasteiger partial charge in [0.2, 0.25) is 5.91 Å². The Hall–Kier alpha value is -3.00. The van der Waals surface area contributed by atoms with Crippen molar-refractivity contribution in [3.63, 3.8) is 0 Å². The molecule has 30 heavy (non-hydrogen) atoms. The zero-order valence-corrected chi connectivity index (χ0v) is 17.4. The average molecular weight is 432 g/mol. The summed E-state index contributed by atoms with van der Waals surface area (Å²) in [4.78, 5) is 16.8. The van der Waals surface area contributed by atoms with E-state index >= 15 is 0 Å². The van der Waals surface area contributed by atoms with Gasteiger partial charge in [0.15, 0.2) is 0 Å². The maximum atomic E-state index is 12.6. The summed E-state index contributed by atoms with van der Waals surface area (Å²) in [5, 5.41) is 5.38. The van der Waals surface area contributed by atoms with Crippen LogP contribution in [0.1, 0.15) is 34.8 Å². The Balaban J connectivity index is 1.53. The minimum Gasteiger partial charge on any atom is -0.486 e. The second-order valence-corrected chi connectivity index (χ2v) is 7.66. The Labute approximate surface area is 177 Å². The third kappa shape index (κ3) is 6.25. The summed E-state index contributed by atoms with van der Waals surface area (Å²) in [6, 6.07) is 13.6. The van der Waals surface area contributed by atoms with E-state index in [1.165, 1.54) is 17.4 Å². The highest BCUT2D eigenvalue weighted by molar-refractivity contribution is 7.09. The van der Waals surface area contributed by atoms with Crippen LogP contribution >= 0.6 is 11.3 Å². The summed E-state index contributed by atoms with van der Waals surface area (Å²) in [6.07, 6.45) is 0.0866. The van der Waals surface area contributed by atoms with Crippen molar-refractivity contribution >= 4 is 17.2 Å². The first-order valence-electron chi connectivity index (χ1n) is 9.36. The summed E-state index contributed by atoms with van der Waals surface area (Å²) in [6.45, 7) is 1.12. The number of carbonyl (C=O) groups excluding carboxylic acids is 1. The molecule has 0 radical (unpaired) electrons. The molecule has 8 heteroatoms. The van der Waals surface area contributed by atoms with Gasteiger partial charge in [-0.2, -0.15) is 8.78 Å². The Morgan fingerprint density at radius 3 is 2.63 bits per heavy atom. The largest absolute Gasteiger partial charge is 0.486 e. The average Bonchev–Trinajstić information content (AvgIpc) is 3.14. The summed E-state index contributed by atoms with van der Waals surface area (Å²) < 4.78 is 35.4. The molecule has 1 amide bonds. The first-order chi connectivity index (χ1) is 14.4. The molecule has 5 nitrogen and oxygen atoms in total. The maximum Gasteiger partial charge on any atom is 0.387 e. The van der Waals surface area contributed by atoms with Crippen LogP contribution in [0.5, 0.6) is 11.5 Å². The van der Waals surface area contributed by atoms with Gasteiger partial charge in [-0.25, -0.2) is 4.98 Å². The molecule has 1 atom stereocenters. The van der Waals surface area contributed by atoms with Crippen molar-refractivity contribution in [2.75, 3.05) is 0 Å². The Morgan fingerprint density at radius 2 is 1.90 bits per heavy atom. The fraction of sp³-hybridized carbons (Fsp3) is 0.273. The van der Waals surface area contributed by atoms with Gasteiger partial charge < -0.3 is 14.8 Å². The molecule has 0 spiro atoms. The van der Waals surface area contributed by atoms with E-state index in [0.29, 0.717) is 17.9 Å². The van der Waals surface area contributed by atoms with Crippen molar-refractivity contribution in [2.45, 2.75) is 39.5 Å². The number of nitrogens with zero attached hydrogens (tertiary/aromatic N) is 1. The number of rotatable bonds is 9. The zero-order chi connectivity index (χ0) is 21.5. The van der Waals surface area contributed by atoms with Crippen molar-refractivity contribution in [1.82, 2.24) is 10.3 Å². The van der Waals surface area contributed by atoms with Crippen LogP contribution in [0.4, 0.5) is 8.78 Å². The number of aromatic nitrogens is 1. The van der Waals surface area contributed by atoms with Crippen molar-refractivity contribution in [3.05, 3.63) is 75.7 Å². The summed E-state index contributed by atoms with van der Waals surface area (Å²) in [5.74, 6) is 0.545. The summed E-state index contributed by atoms with van der Waals surface area (Å²) in [7, 11) is 0. The molecular weight excluding hydrogens is 410 g/mol. The van der Waals surface area contributed by atoms with Crippen LogP contribution in [-0.2, 0) is 17.8 Å². The topological polar surface area (TPSA) is 60.5 Å². The smallest absolute Gasteiger partial charge is 0.387 e. The lowest BCUT2D eigenvalue weighted by molar-refractivity contribution is -0.121. The minimum absolute atomic E-state index is 0.0458. The van der Waals surface area contributed by atoms with Crippen LogP contribution in [-0.4, -0.2) is 17.5 Å². The monoisotopic (exact) mass is 432 g/mol. The van der Waals surface area contributed by atoms with Gasteiger partial charge in [0.05, 0.1) is 18.2 Å². The highest BCUT2D eigenvalue weighted by Crippen LogP contribution is 2.26. The van der Waals surface area contributed by atoms with Crippen molar-refractivity contribution in [3.8, 4) is 11.5 Å². The van der Waals surface area contributed by atoms with Crippen molar-refractivity contribution in [2.24, 2.45) is 0 Å². The maximum absolute atomic E-state index is 12.6. The van der Waals surface area contributed by atoms with Crippen LogP contribution in [0.2, 0.25) is 0 Å². The van der Waals surface area contributed by atoms with Crippen LogP contribution in [0.3, 0.4) is 0 Å². The van der Waals surface area contributed by atoms with E-state index in [1.54, 1.807) is 25.1 Å². The van der Waals surface area contributed by atoms with E-state index < -0.39 is 12.7 Å². The number of nitrogens with one attached hydrogen (secondary N) is 1. The molecule has 0 saturated heterocycles. The van der Waals surface area contributed by atoms with Crippen LogP contribution in [0.25, 0.3) is 0 Å². The Morgan fingerprint density at radius 1 is 1.17 bits per heavy atom. The van der Waals surface area contributed by atoms with E-state index in [9.17, 15) is 13.6 Å². The molecule has 1 heterocycles. The molecule has 1 unspecified atom stereocenters. The molecular formula is C22H22F2N2O3S.